The molecule has 1 unspecified atom stereocenters. The zero-order chi connectivity index (χ0) is 20.6. The fraction of sp³-hybridized carbons (Fsp3) is 0.526. The zero-order valence-corrected chi connectivity index (χ0v) is 17.8. The average Bonchev–Trinajstić information content (AvgIpc) is 2.52. The Morgan fingerprint density at radius 1 is 1.11 bits per heavy atom. The lowest BCUT2D eigenvalue weighted by Crippen LogP contribution is -3.11. The van der Waals surface area contributed by atoms with E-state index in [0.29, 0.717) is 0 Å². The van der Waals surface area contributed by atoms with Crippen molar-refractivity contribution in [3.8, 4) is 0 Å². The normalized spacial score (nSPS) is 12.2. The second kappa shape index (κ2) is 10.3. The molecule has 1 atom stereocenters. The number of amides is 3. The number of hydrogen-bond donors (Lipinski definition) is 3. The molecule has 0 aromatic heterocycles. The summed E-state index contributed by atoms with van der Waals surface area (Å²) in [6, 6.07) is 7.58. The van der Waals surface area contributed by atoms with Gasteiger partial charge in [0, 0.05) is 17.5 Å². The van der Waals surface area contributed by atoms with Crippen molar-refractivity contribution in [2.45, 2.75) is 31.2 Å². The number of nitrogens with zero attached hydrogens (tertiary/aromatic N) is 1. The largest absolute Gasteiger partial charge is 0.350 e. The van der Waals surface area contributed by atoms with Crippen LogP contribution in [0.25, 0.3) is 0 Å². The first-order valence-electron chi connectivity index (χ1n) is 8.81. The van der Waals surface area contributed by atoms with Crippen molar-refractivity contribution in [3.63, 3.8) is 0 Å². The fourth-order valence-corrected chi connectivity index (χ4v) is 2.99. The smallest absolute Gasteiger partial charge is 0.279 e. The highest BCUT2D eigenvalue weighted by molar-refractivity contribution is 7.98. The first-order valence-corrected chi connectivity index (χ1v) is 10.0. The maximum atomic E-state index is 12.3. The van der Waals surface area contributed by atoms with E-state index >= 15 is 0 Å². The summed E-state index contributed by atoms with van der Waals surface area (Å²) >= 11 is 1.56. The Labute approximate surface area is 165 Å². The second-order valence-corrected chi connectivity index (χ2v) is 8.46. The molecule has 0 spiro atoms. The number of carbonyl (C=O) groups excluding carboxylic acids is 3. The molecule has 27 heavy (non-hydrogen) atoms. The maximum Gasteiger partial charge on any atom is 0.279 e. The molecule has 1 aromatic carbocycles. The average molecular weight is 396 g/mol. The van der Waals surface area contributed by atoms with E-state index in [1.54, 1.807) is 25.9 Å². The van der Waals surface area contributed by atoms with Crippen molar-refractivity contribution in [1.82, 2.24) is 10.2 Å². The minimum Gasteiger partial charge on any atom is -0.350 e. The monoisotopic (exact) mass is 395 g/mol. The molecular weight excluding hydrogens is 364 g/mol. The number of nitrogens with one attached hydrogen (secondary N) is 3. The van der Waals surface area contributed by atoms with Gasteiger partial charge in [-0.25, -0.2) is 0 Å². The molecule has 7 nitrogen and oxygen atoms in total. The highest BCUT2D eigenvalue weighted by Gasteiger charge is 2.21. The van der Waals surface area contributed by atoms with Crippen LogP contribution in [0.4, 0.5) is 5.69 Å². The van der Waals surface area contributed by atoms with E-state index in [1.165, 1.54) is 4.90 Å². The molecule has 0 aliphatic rings. The predicted octanol–water partition coefficient (Wildman–Crippen LogP) is 0.235. The van der Waals surface area contributed by atoms with Gasteiger partial charge in [-0.2, -0.15) is 0 Å². The molecule has 0 saturated carbocycles. The van der Waals surface area contributed by atoms with Crippen LogP contribution in [-0.4, -0.2) is 68.1 Å². The fourth-order valence-electron chi connectivity index (χ4n) is 2.43. The first-order chi connectivity index (χ1) is 12.5. The number of likely N-dealkylation sites (N-methyl/N-ethyl adjacent to an activating group) is 2. The van der Waals surface area contributed by atoms with Crippen LogP contribution in [0.2, 0.25) is 0 Å². The highest BCUT2D eigenvalue weighted by Crippen LogP contribution is 2.24. The molecule has 0 radical (unpaired) electrons. The quantitative estimate of drug-likeness (QED) is 0.551. The van der Waals surface area contributed by atoms with Crippen molar-refractivity contribution in [1.29, 1.82) is 0 Å². The maximum absolute atomic E-state index is 12.3. The van der Waals surface area contributed by atoms with E-state index in [4.69, 9.17) is 0 Å². The number of anilines is 1. The van der Waals surface area contributed by atoms with Gasteiger partial charge in [0.05, 0.1) is 19.3 Å². The lowest BCUT2D eigenvalue weighted by Gasteiger charge is -2.24. The molecule has 0 fully saturated rings. The molecule has 1 aromatic rings. The van der Waals surface area contributed by atoms with E-state index < -0.39 is 0 Å². The van der Waals surface area contributed by atoms with E-state index in [1.807, 2.05) is 51.3 Å². The Kier molecular flexibility index (Phi) is 8.78. The van der Waals surface area contributed by atoms with Gasteiger partial charge < -0.3 is 20.4 Å². The molecule has 1 rings (SSSR count). The van der Waals surface area contributed by atoms with Crippen LogP contribution in [-0.2, 0) is 14.4 Å². The van der Waals surface area contributed by atoms with E-state index in [2.05, 4.69) is 10.6 Å². The number of carbonyl (C=O) groups is 3. The lowest BCUT2D eigenvalue weighted by molar-refractivity contribution is -0.862. The van der Waals surface area contributed by atoms with Gasteiger partial charge in [-0.15, -0.1) is 11.8 Å². The summed E-state index contributed by atoms with van der Waals surface area (Å²) in [4.78, 5) is 39.6. The van der Waals surface area contributed by atoms with E-state index in [9.17, 15) is 14.4 Å². The van der Waals surface area contributed by atoms with Crippen molar-refractivity contribution in [3.05, 3.63) is 24.3 Å². The van der Waals surface area contributed by atoms with Crippen LogP contribution in [0.3, 0.4) is 0 Å². The molecule has 150 valence electrons. The number of hydrogen-bond acceptors (Lipinski definition) is 4. The SMILES string of the molecule is CSc1ccccc1NC(=O)C[NH+](C)CC(=O)N(C)CC(=O)NC(C)(C)C. The standard InChI is InChI=1S/C19H30N4O3S/c1-19(2,3)21-17(25)12-23(5)18(26)13-22(4)11-16(24)20-14-9-7-8-10-15(14)27-6/h7-10H,11-13H2,1-6H3,(H,20,24)(H,21,25)/p+1. The minimum atomic E-state index is -0.339. The third-order valence-corrected chi connectivity index (χ3v) is 4.41. The Balaban J connectivity index is 2.48. The number of para-hydroxylation sites is 1. The molecule has 0 heterocycles. The topological polar surface area (TPSA) is 83.0 Å². The number of thioether (sulfide) groups is 1. The Bertz CT molecular complexity index is 673. The van der Waals surface area contributed by atoms with Crippen molar-refractivity contribution in [2.75, 3.05) is 45.3 Å². The third kappa shape index (κ3) is 8.92. The zero-order valence-electron chi connectivity index (χ0n) is 17.0. The summed E-state index contributed by atoms with van der Waals surface area (Å²) in [5.74, 6) is -0.550. The Morgan fingerprint density at radius 2 is 1.74 bits per heavy atom. The van der Waals surface area contributed by atoms with E-state index in [-0.39, 0.29) is 42.9 Å². The summed E-state index contributed by atoms with van der Waals surface area (Å²) in [5.41, 5.74) is 0.429. The summed E-state index contributed by atoms with van der Waals surface area (Å²) in [5, 5.41) is 5.71. The molecule has 3 amide bonds. The van der Waals surface area contributed by atoms with Crippen LogP contribution in [0.15, 0.2) is 29.2 Å². The first kappa shape index (κ1) is 23.0. The van der Waals surface area contributed by atoms with Crippen molar-refractivity contribution >= 4 is 35.2 Å². The van der Waals surface area contributed by atoms with Gasteiger partial charge in [-0.1, -0.05) is 12.1 Å². The summed E-state index contributed by atoms with van der Waals surface area (Å²) < 4.78 is 0. The second-order valence-electron chi connectivity index (χ2n) is 7.61. The molecule has 0 aliphatic carbocycles. The molecule has 3 N–H and O–H groups in total. The summed E-state index contributed by atoms with van der Waals surface area (Å²) in [6.07, 6.45) is 1.95. The number of quaternary nitrogens is 1. The van der Waals surface area contributed by atoms with Crippen molar-refractivity contribution < 1.29 is 19.3 Å². The van der Waals surface area contributed by atoms with Gasteiger partial charge in [0.15, 0.2) is 13.1 Å². The van der Waals surface area contributed by atoms with E-state index in [0.717, 1.165) is 15.5 Å². The van der Waals surface area contributed by atoms with Gasteiger partial charge in [-0.05, 0) is 39.2 Å². The molecular formula is C19H31N4O3S+. The predicted molar refractivity (Wildman–Crippen MR) is 109 cm³/mol. The van der Waals surface area contributed by atoms with Crippen LogP contribution >= 0.6 is 11.8 Å². The van der Waals surface area contributed by atoms with Gasteiger partial charge in [0.1, 0.15) is 0 Å². The molecule has 0 saturated heterocycles. The molecule has 8 heteroatoms. The number of rotatable bonds is 8. The van der Waals surface area contributed by atoms with Crippen LogP contribution in [0, 0.1) is 0 Å². The number of benzene rings is 1. The summed E-state index contributed by atoms with van der Waals surface area (Å²) in [6.45, 7) is 5.96. The van der Waals surface area contributed by atoms with Gasteiger partial charge in [0.2, 0.25) is 5.91 Å². The summed E-state index contributed by atoms with van der Waals surface area (Å²) in [7, 11) is 3.37. The minimum absolute atomic E-state index is 0.00330. The van der Waals surface area contributed by atoms with Crippen LogP contribution < -0.4 is 15.5 Å². The van der Waals surface area contributed by atoms with Crippen LogP contribution in [0.5, 0.6) is 0 Å². The molecule has 0 aliphatic heterocycles. The Morgan fingerprint density at radius 3 is 2.33 bits per heavy atom. The molecule has 0 bridgehead atoms. The highest BCUT2D eigenvalue weighted by atomic mass is 32.2. The van der Waals surface area contributed by atoms with Crippen LogP contribution in [0.1, 0.15) is 20.8 Å². The van der Waals surface area contributed by atoms with Gasteiger partial charge in [0.25, 0.3) is 11.8 Å². The lowest BCUT2D eigenvalue weighted by atomic mass is 10.1. The van der Waals surface area contributed by atoms with Gasteiger partial charge >= 0.3 is 0 Å². The van der Waals surface area contributed by atoms with Gasteiger partial charge in [-0.3, -0.25) is 14.4 Å². The third-order valence-electron chi connectivity index (χ3n) is 3.62. The van der Waals surface area contributed by atoms with Crippen molar-refractivity contribution in [2.24, 2.45) is 0 Å². The Hall–Kier alpha value is -2.06.